The van der Waals surface area contributed by atoms with E-state index in [1.807, 2.05) is 0 Å². The molecule has 4 rings (SSSR count). The number of alkyl halides is 1. The molecule has 3 atom stereocenters. The molecule has 0 unspecified atom stereocenters. The number of aromatic hydroxyl groups is 1. The van der Waals surface area contributed by atoms with E-state index in [0.29, 0.717) is 18.6 Å². The fourth-order valence-electron chi connectivity index (χ4n) is 4.23. The molecular formula is C23H22F4N4O6. The van der Waals surface area contributed by atoms with E-state index in [9.17, 15) is 32.7 Å². The number of halogens is 4. The van der Waals surface area contributed by atoms with Gasteiger partial charge in [0.15, 0.2) is 11.4 Å². The van der Waals surface area contributed by atoms with Crippen LogP contribution >= 0.6 is 0 Å². The van der Waals surface area contributed by atoms with Crippen LogP contribution in [0.3, 0.4) is 0 Å². The van der Waals surface area contributed by atoms with Crippen LogP contribution in [0, 0.1) is 17.5 Å². The van der Waals surface area contributed by atoms with Crippen molar-refractivity contribution in [3.05, 3.63) is 62.8 Å². The number of carbonyl (C=O) groups excluding carboxylic acids is 2. The minimum Gasteiger partial charge on any atom is -0.503 e. The average molecular weight is 526 g/mol. The lowest BCUT2D eigenvalue weighted by Crippen LogP contribution is -2.52. The SMILES string of the molecule is CO/C1=N/OCC[C@H](C)N2C[C@@H]([C@H]1F)n1cc(C(=O)NCc3c(F)cc(F)cc3F)c(=O)c(O)c1C2=O. The Morgan fingerprint density at radius 1 is 1.27 bits per heavy atom. The van der Waals surface area contributed by atoms with Gasteiger partial charge in [0.2, 0.25) is 11.6 Å². The maximum absolute atomic E-state index is 15.6. The van der Waals surface area contributed by atoms with Crippen LogP contribution in [-0.4, -0.2) is 64.8 Å². The fourth-order valence-corrected chi connectivity index (χ4v) is 4.23. The van der Waals surface area contributed by atoms with Gasteiger partial charge in [0.25, 0.3) is 17.7 Å². The number of ether oxygens (including phenoxy) is 1. The third-order valence-electron chi connectivity index (χ3n) is 6.29. The highest BCUT2D eigenvalue weighted by atomic mass is 19.1. The van der Waals surface area contributed by atoms with Gasteiger partial charge in [-0.05, 0) is 12.1 Å². The van der Waals surface area contributed by atoms with Gasteiger partial charge in [0.05, 0.1) is 13.2 Å². The minimum atomic E-state index is -2.02. The number of methoxy groups -OCH3 is 1. The number of amides is 2. The molecule has 0 spiro atoms. The van der Waals surface area contributed by atoms with Crippen LogP contribution in [-0.2, 0) is 16.1 Å². The second-order valence-electron chi connectivity index (χ2n) is 8.54. The lowest BCUT2D eigenvalue weighted by atomic mass is 10.0. The molecule has 2 aliphatic rings. The number of pyridine rings is 1. The summed E-state index contributed by atoms with van der Waals surface area (Å²) in [7, 11) is 1.16. The summed E-state index contributed by atoms with van der Waals surface area (Å²) in [6, 6.07) is -0.932. The van der Waals surface area contributed by atoms with Crippen molar-refractivity contribution < 1.29 is 41.8 Å². The van der Waals surface area contributed by atoms with Gasteiger partial charge in [-0.2, -0.15) is 0 Å². The Hall–Kier alpha value is -4.10. The Bertz CT molecular complexity index is 1320. The molecule has 3 heterocycles. The summed E-state index contributed by atoms with van der Waals surface area (Å²) >= 11 is 0. The molecule has 2 amide bonds. The fraction of sp³-hybridized carbons (Fsp3) is 0.391. The summed E-state index contributed by atoms with van der Waals surface area (Å²) in [6.45, 7) is 0.735. The zero-order valence-electron chi connectivity index (χ0n) is 19.6. The van der Waals surface area contributed by atoms with Crippen molar-refractivity contribution in [3.63, 3.8) is 0 Å². The van der Waals surface area contributed by atoms with E-state index in [4.69, 9.17) is 9.57 Å². The van der Waals surface area contributed by atoms with Crippen molar-refractivity contribution in [3.8, 4) is 5.75 Å². The highest BCUT2D eigenvalue weighted by Gasteiger charge is 2.43. The molecule has 37 heavy (non-hydrogen) atoms. The molecule has 198 valence electrons. The number of hydrogen-bond donors (Lipinski definition) is 2. The number of carbonyl (C=O) groups is 2. The topological polar surface area (TPSA) is 122 Å². The van der Waals surface area contributed by atoms with Crippen LogP contribution in [0.1, 0.15) is 45.8 Å². The Balaban J connectivity index is 1.76. The molecule has 14 heteroatoms. The first kappa shape index (κ1) is 26.0. The molecule has 0 fully saturated rings. The Morgan fingerprint density at radius 2 is 1.95 bits per heavy atom. The quantitative estimate of drug-likeness (QED) is 0.590. The standard InChI is InChI=1S/C23H22F4N4O6/c1-10-3-4-37-29-22(36-2)17(27)16-9-30(10)23(35)18-20(33)19(32)13(8-31(16)18)21(34)28-7-12-14(25)5-11(24)6-15(12)26/h5-6,8,10,16-17,33H,3-4,7,9H2,1-2H3,(H,28,34)/b29-22+/t10-,16-,17+/m0/s1. The molecule has 2 aliphatic heterocycles. The summed E-state index contributed by atoms with van der Waals surface area (Å²) in [5, 5.41) is 16.4. The maximum atomic E-state index is 15.6. The molecule has 0 saturated carbocycles. The first-order chi connectivity index (χ1) is 17.5. The number of hydrogen-bond acceptors (Lipinski definition) is 7. The van der Waals surface area contributed by atoms with Crippen LogP contribution in [0.4, 0.5) is 17.6 Å². The molecule has 0 saturated heterocycles. The number of rotatable bonds is 3. The van der Waals surface area contributed by atoms with E-state index in [0.717, 1.165) is 17.9 Å². The molecular weight excluding hydrogens is 504 g/mol. The first-order valence-electron chi connectivity index (χ1n) is 11.1. The van der Waals surface area contributed by atoms with Crippen molar-refractivity contribution in [2.24, 2.45) is 5.16 Å². The molecule has 2 aromatic rings. The first-order valence-corrected chi connectivity index (χ1v) is 11.1. The Labute approximate surface area is 207 Å². The smallest absolute Gasteiger partial charge is 0.274 e. The number of fused-ring (bicyclic) bond motifs is 4. The number of nitrogens with zero attached hydrogens (tertiary/aromatic N) is 3. The van der Waals surface area contributed by atoms with Crippen LogP contribution in [0.5, 0.6) is 5.75 Å². The van der Waals surface area contributed by atoms with Gasteiger partial charge < -0.3 is 29.5 Å². The van der Waals surface area contributed by atoms with Crippen molar-refractivity contribution in [2.45, 2.75) is 38.1 Å². The second kappa shape index (κ2) is 10.1. The molecule has 0 radical (unpaired) electrons. The predicted molar refractivity (Wildman–Crippen MR) is 119 cm³/mol. The zero-order valence-corrected chi connectivity index (χ0v) is 19.6. The molecule has 10 nitrogen and oxygen atoms in total. The lowest BCUT2D eigenvalue weighted by molar-refractivity contribution is 0.0404. The van der Waals surface area contributed by atoms with Gasteiger partial charge in [-0.15, -0.1) is 0 Å². The van der Waals surface area contributed by atoms with E-state index < -0.39 is 88.0 Å². The predicted octanol–water partition coefficient (Wildman–Crippen LogP) is 2.00. The molecule has 1 aromatic heterocycles. The van der Waals surface area contributed by atoms with Gasteiger partial charge in [-0.1, -0.05) is 0 Å². The van der Waals surface area contributed by atoms with E-state index in [1.165, 1.54) is 4.90 Å². The summed E-state index contributed by atoms with van der Waals surface area (Å²) in [4.78, 5) is 45.2. The molecule has 2 bridgehead atoms. The Morgan fingerprint density at radius 3 is 2.59 bits per heavy atom. The molecule has 2 N–H and O–H groups in total. The number of nitrogens with one attached hydrogen (secondary N) is 1. The third kappa shape index (κ3) is 4.70. The van der Waals surface area contributed by atoms with Crippen LogP contribution in [0.15, 0.2) is 28.3 Å². The summed E-state index contributed by atoms with van der Waals surface area (Å²) in [6.07, 6.45) is -0.844. The van der Waals surface area contributed by atoms with E-state index in [2.05, 4.69) is 10.5 Å². The van der Waals surface area contributed by atoms with Gasteiger partial charge in [-0.25, -0.2) is 17.6 Å². The van der Waals surface area contributed by atoms with E-state index in [-0.39, 0.29) is 13.2 Å². The normalized spacial score (nSPS) is 22.9. The van der Waals surface area contributed by atoms with Crippen molar-refractivity contribution in [1.82, 2.24) is 14.8 Å². The maximum Gasteiger partial charge on any atom is 0.274 e. The van der Waals surface area contributed by atoms with Crippen LogP contribution in [0.25, 0.3) is 0 Å². The largest absolute Gasteiger partial charge is 0.503 e. The molecule has 0 aliphatic carbocycles. The van der Waals surface area contributed by atoms with E-state index >= 15 is 4.39 Å². The zero-order chi connectivity index (χ0) is 27.0. The summed E-state index contributed by atoms with van der Waals surface area (Å²) < 4.78 is 62.5. The highest BCUT2D eigenvalue weighted by molar-refractivity contribution is 5.99. The van der Waals surface area contributed by atoms with Crippen molar-refractivity contribution >= 4 is 17.7 Å². The number of oxime groups is 1. The van der Waals surface area contributed by atoms with Crippen molar-refractivity contribution in [1.29, 1.82) is 0 Å². The summed E-state index contributed by atoms with van der Waals surface area (Å²) in [5.41, 5.74) is -3.19. The van der Waals surface area contributed by atoms with E-state index in [1.54, 1.807) is 6.92 Å². The van der Waals surface area contributed by atoms with Crippen LogP contribution in [0.2, 0.25) is 0 Å². The van der Waals surface area contributed by atoms with Gasteiger partial charge in [0, 0.05) is 49.4 Å². The Kier molecular flexibility index (Phi) is 7.09. The third-order valence-corrected chi connectivity index (χ3v) is 6.29. The minimum absolute atomic E-state index is 0.0440. The second-order valence-corrected chi connectivity index (χ2v) is 8.54. The highest BCUT2D eigenvalue weighted by Crippen LogP contribution is 2.32. The molecule has 1 aromatic carbocycles. The average Bonchev–Trinajstić information content (AvgIpc) is 2.84. The van der Waals surface area contributed by atoms with Gasteiger partial charge in [-0.3, -0.25) is 14.4 Å². The lowest BCUT2D eigenvalue weighted by Gasteiger charge is -2.40. The number of aromatic nitrogens is 1. The van der Waals surface area contributed by atoms with Gasteiger partial charge in [0.1, 0.15) is 29.6 Å². The monoisotopic (exact) mass is 526 g/mol. The van der Waals surface area contributed by atoms with Gasteiger partial charge >= 0.3 is 0 Å². The van der Waals surface area contributed by atoms with Crippen molar-refractivity contribution in [2.75, 3.05) is 20.3 Å². The summed E-state index contributed by atoms with van der Waals surface area (Å²) in [5.74, 6) is -7.21. The van der Waals surface area contributed by atoms with Crippen LogP contribution < -0.4 is 10.7 Å². The number of benzene rings is 1.